The maximum atomic E-state index is 7.34. The summed E-state index contributed by atoms with van der Waals surface area (Å²) in [6.07, 6.45) is 0.539. The number of benzene rings is 3. The van der Waals surface area contributed by atoms with Crippen molar-refractivity contribution in [2.45, 2.75) is 105 Å². The van der Waals surface area contributed by atoms with Gasteiger partial charge in [-0.25, -0.2) is 0 Å². The Bertz CT molecular complexity index is 1210. The summed E-state index contributed by atoms with van der Waals surface area (Å²) in [6.45, 7) is 11.3. The van der Waals surface area contributed by atoms with E-state index in [1.54, 1.807) is 0 Å². The van der Waals surface area contributed by atoms with Gasteiger partial charge in [-0.05, 0) is 64.4 Å². The molecule has 6 heteroatoms. The molecule has 208 valence electrons. The molecule has 0 unspecified atom stereocenters. The number of hydrogen-bond acceptors (Lipinski definition) is 5. The molecule has 2 saturated heterocycles. The van der Waals surface area contributed by atoms with Crippen molar-refractivity contribution in [2.24, 2.45) is 0 Å². The number of ether oxygens (including phenoxy) is 4. The molecular weight excluding hydrogens is 508 g/mol. The summed E-state index contributed by atoms with van der Waals surface area (Å²) >= 11 is 0. The molecule has 6 rings (SSSR count). The van der Waals surface area contributed by atoms with E-state index in [9.17, 15) is 0 Å². The Labute approximate surface area is 234 Å². The van der Waals surface area contributed by atoms with E-state index in [-0.39, 0.29) is 23.1 Å². The van der Waals surface area contributed by atoms with Gasteiger partial charge in [0, 0.05) is 27.4 Å². The van der Waals surface area contributed by atoms with Crippen LogP contribution in [0.3, 0.4) is 0 Å². The van der Waals surface area contributed by atoms with E-state index in [0.717, 1.165) is 18.4 Å². The monoisotopic (exact) mass is 548 g/mol. The van der Waals surface area contributed by atoms with Gasteiger partial charge < -0.3 is 23.1 Å². The van der Waals surface area contributed by atoms with Crippen LogP contribution in [0.25, 0.3) is 0 Å². The molecule has 0 aromatic heterocycles. The van der Waals surface area contributed by atoms with Crippen molar-refractivity contribution < 1.29 is 23.1 Å². The smallest absolute Gasteiger partial charge is 0.190 e. The van der Waals surface area contributed by atoms with Gasteiger partial charge in [0.2, 0.25) is 0 Å². The van der Waals surface area contributed by atoms with E-state index >= 15 is 0 Å². The summed E-state index contributed by atoms with van der Waals surface area (Å²) in [7, 11) is -1.85. The molecule has 5 nitrogen and oxygen atoms in total. The van der Waals surface area contributed by atoms with E-state index < -0.39 is 28.0 Å². The number of hydrogen-bond donors (Lipinski definition) is 0. The summed E-state index contributed by atoms with van der Waals surface area (Å²) < 4.78 is 32.9. The standard InChI is InChI=1S/C33H40O5S/c1-31(2,3)39(26-17-11-7-12-18-26,27-19-13-8-14-20-27)38-25-21-33(22-25)29(34-23-24-15-9-6-10-16-24)28-30(37-33)36-32(4,5)35-28/h6-20,25,28-30H,21-23H2,1-5H3/t25?,28-,29-,30+,33?/m1/s1. The van der Waals surface area contributed by atoms with Crippen LogP contribution in [-0.4, -0.2) is 40.7 Å². The van der Waals surface area contributed by atoms with Gasteiger partial charge in [-0.1, -0.05) is 77.0 Å². The second kappa shape index (κ2) is 10.0. The van der Waals surface area contributed by atoms with Crippen molar-refractivity contribution in [3.8, 4) is 0 Å². The van der Waals surface area contributed by atoms with Crippen LogP contribution in [0.4, 0.5) is 0 Å². The molecule has 0 amide bonds. The molecular formula is C33H40O5S. The lowest BCUT2D eigenvalue weighted by atomic mass is 9.73. The van der Waals surface area contributed by atoms with Gasteiger partial charge in [0.05, 0.1) is 12.7 Å². The van der Waals surface area contributed by atoms with Crippen LogP contribution in [-0.2, 0) is 29.7 Å². The van der Waals surface area contributed by atoms with Crippen molar-refractivity contribution >= 4 is 10.3 Å². The predicted octanol–water partition coefficient (Wildman–Crippen LogP) is 7.63. The lowest BCUT2D eigenvalue weighted by molar-refractivity contribution is -0.272. The van der Waals surface area contributed by atoms with Gasteiger partial charge in [0.25, 0.3) is 0 Å². The first-order chi connectivity index (χ1) is 18.6. The Hall–Kier alpha value is -2.19. The Morgan fingerprint density at radius 1 is 0.769 bits per heavy atom. The fourth-order valence-electron chi connectivity index (χ4n) is 6.29. The molecule has 2 heterocycles. The maximum absolute atomic E-state index is 7.34. The molecule has 3 atom stereocenters. The van der Waals surface area contributed by atoms with Crippen molar-refractivity contribution in [2.75, 3.05) is 0 Å². The van der Waals surface area contributed by atoms with E-state index in [2.05, 4.69) is 93.6 Å². The summed E-state index contributed by atoms with van der Waals surface area (Å²) in [6, 6.07) is 31.7. The molecule has 3 fully saturated rings. The third-order valence-electron chi connectivity index (χ3n) is 7.97. The molecule has 2 aliphatic heterocycles. The largest absolute Gasteiger partial charge is 0.368 e. The summed E-state index contributed by atoms with van der Waals surface area (Å²) in [5.41, 5.74) is 0.632. The minimum Gasteiger partial charge on any atom is -0.368 e. The van der Waals surface area contributed by atoms with E-state index in [0.29, 0.717) is 6.61 Å². The van der Waals surface area contributed by atoms with Crippen LogP contribution in [0, 0.1) is 0 Å². The highest BCUT2D eigenvalue weighted by atomic mass is 32.3. The zero-order valence-corrected chi connectivity index (χ0v) is 24.4. The molecule has 3 aromatic carbocycles. The zero-order chi connectivity index (χ0) is 27.3. The highest BCUT2D eigenvalue weighted by Gasteiger charge is 2.67. The molecule has 0 bridgehead atoms. The van der Waals surface area contributed by atoms with Crippen LogP contribution in [0.15, 0.2) is 101 Å². The molecule has 1 saturated carbocycles. The topological polar surface area (TPSA) is 46.2 Å². The zero-order valence-electron chi connectivity index (χ0n) is 23.5. The molecule has 3 aliphatic rings. The third kappa shape index (κ3) is 4.86. The van der Waals surface area contributed by atoms with Gasteiger partial charge in [-0.15, -0.1) is 0 Å². The second-order valence-corrected chi connectivity index (χ2v) is 15.8. The molecule has 39 heavy (non-hydrogen) atoms. The van der Waals surface area contributed by atoms with E-state index in [4.69, 9.17) is 23.1 Å². The minimum atomic E-state index is -1.85. The highest BCUT2D eigenvalue weighted by molar-refractivity contribution is 8.31. The molecule has 3 aromatic rings. The second-order valence-electron chi connectivity index (χ2n) is 12.3. The SMILES string of the molecule is CC1(C)O[C@H]2OC3(CC(OS(c4ccccc4)(c4ccccc4)C(C)(C)C)C3)[C@H](OCc3ccccc3)[C@H]2O1. The van der Waals surface area contributed by atoms with Crippen LogP contribution in [0.2, 0.25) is 0 Å². The third-order valence-corrected chi connectivity index (χ3v) is 12.1. The Morgan fingerprint density at radius 3 is 1.85 bits per heavy atom. The summed E-state index contributed by atoms with van der Waals surface area (Å²) in [4.78, 5) is 2.47. The molecule has 1 spiro atoms. The molecule has 1 aliphatic carbocycles. The highest BCUT2D eigenvalue weighted by Crippen LogP contribution is 2.73. The van der Waals surface area contributed by atoms with Crippen molar-refractivity contribution in [3.63, 3.8) is 0 Å². The minimum absolute atomic E-state index is 0.0225. The van der Waals surface area contributed by atoms with E-state index in [1.807, 2.05) is 32.0 Å². The first-order valence-corrected chi connectivity index (χ1v) is 15.5. The lowest BCUT2D eigenvalue weighted by Gasteiger charge is -2.56. The Morgan fingerprint density at radius 2 is 1.31 bits per heavy atom. The summed E-state index contributed by atoms with van der Waals surface area (Å²) in [5.74, 6) is -0.697. The van der Waals surface area contributed by atoms with Gasteiger partial charge in [-0.3, -0.25) is 0 Å². The van der Waals surface area contributed by atoms with Gasteiger partial charge in [0.15, 0.2) is 12.1 Å². The number of rotatable bonds is 7. The summed E-state index contributed by atoms with van der Waals surface area (Å²) in [5, 5.41) is 0. The van der Waals surface area contributed by atoms with Gasteiger partial charge in [-0.2, -0.15) is 0 Å². The number of fused-ring (bicyclic) bond motifs is 1. The van der Waals surface area contributed by atoms with Gasteiger partial charge >= 0.3 is 0 Å². The average molecular weight is 549 g/mol. The quantitative estimate of drug-likeness (QED) is 0.304. The van der Waals surface area contributed by atoms with Crippen LogP contribution in [0.5, 0.6) is 0 Å². The van der Waals surface area contributed by atoms with Gasteiger partial charge in [0.1, 0.15) is 17.8 Å². The average Bonchev–Trinajstić information content (AvgIpc) is 3.35. The normalized spacial score (nSPS) is 30.2. The van der Waals surface area contributed by atoms with Crippen LogP contribution in [0.1, 0.15) is 53.0 Å². The van der Waals surface area contributed by atoms with Crippen molar-refractivity contribution in [1.29, 1.82) is 0 Å². The molecule has 0 radical (unpaired) electrons. The first kappa shape index (κ1) is 27.0. The maximum Gasteiger partial charge on any atom is 0.190 e. The first-order valence-electron chi connectivity index (χ1n) is 13.9. The lowest BCUT2D eigenvalue weighted by Crippen LogP contribution is -2.58. The van der Waals surface area contributed by atoms with Crippen molar-refractivity contribution in [1.82, 2.24) is 0 Å². The van der Waals surface area contributed by atoms with Crippen LogP contribution >= 0.6 is 10.3 Å². The molecule has 0 N–H and O–H groups in total. The Balaban J connectivity index is 1.28. The Kier molecular flexibility index (Phi) is 6.94. The van der Waals surface area contributed by atoms with Crippen molar-refractivity contribution in [3.05, 3.63) is 96.6 Å². The fraction of sp³-hybridized carbons (Fsp3) is 0.455. The van der Waals surface area contributed by atoms with E-state index in [1.165, 1.54) is 9.79 Å². The fourth-order valence-corrected chi connectivity index (χ4v) is 10.1. The predicted molar refractivity (Wildman–Crippen MR) is 154 cm³/mol. The van der Waals surface area contributed by atoms with Crippen LogP contribution < -0.4 is 0 Å².